The lowest BCUT2D eigenvalue weighted by atomic mass is 10.0. The lowest BCUT2D eigenvalue weighted by molar-refractivity contribution is -0.123. The van der Waals surface area contributed by atoms with Gasteiger partial charge in [0.15, 0.2) is 0 Å². The van der Waals surface area contributed by atoms with Gasteiger partial charge in [-0.25, -0.2) is 0 Å². The van der Waals surface area contributed by atoms with E-state index < -0.39 is 12.1 Å². The zero-order chi connectivity index (χ0) is 47.0. The van der Waals surface area contributed by atoms with Crippen LogP contribution in [0.3, 0.4) is 0 Å². The van der Waals surface area contributed by atoms with Crippen LogP contribution in [0.4, 0.5) is 0 Å². The number of amides is 1. The van der Waals surface area contributed by atoms with Crippen LogP contribution in [0.25, 0.3) is 0 Å². The van der Waals surface area contributed by atoms with Crippen molar-refractivity contribution in [2.75, 3.05) is 6.61 Å². The molecular formula is C61H121NO3. The lowest BCUT2D eigenvalue weighted by Crippen LogP contribution is -2.45. The Morgan fingerprint density at radius 3 is 0.800 bits per heavy atom. The Morgan fingerprint density at radius 1 is 0.354 bits per heavy atom. The Bertz CT molecular complexity index is 905. The third-order valence-corrected chi connectivity index (χ3v) is 14.5. The Kier molecular flexibility index (Phi) is 56.7. The van der Waals surface area contributed by atoms with Crippen LogP contribution in [0, 0.1) is 0 Å². The number of unbranched alkanes of at least 4 members (excludes halogenated alkanes) is 50. The zero-order valence-corrected chi connectivity index (χ0v) is 44.8. The summed E-state index contributed by atoms with van der Waals surface area (Å²) in [5, 5.41) is 23.2. The van der Waals surface area contributed by atoms with Crippen LogP contribution in [0.1, 0.15) is 354 Å². The smallest absolute Gasteiger partial charge is 0.220 e. The number of allylic oxidation sites excluding steroid dienone is 1. The highest BCUT2D eigenvalue weighted by Gasteiger charge is 2.18. The third-order valence-electron chi connectivity index (χ3n) is 14.5. The molecule has 1 amide bonds. The van der Waals surface area contributed by atoms with Gasteiger partial charge in [0.1, 0.15) is 0 Å². The number of aliphatic hydroxyl groups excluding tert-OH is 2. The van der Waals surface area contributed by atoms with Gasteiger partial charge in [-0.15, -0.1) is 0 Å². The predicted molar refractivity (Wildman–Crippen MR) is 290 cm³/mol. The molecule has 0 radical (unpaired) electrons. The van der Waals surface area contributed by atoms with Crippen molar-refractivity contribution in [1.82, 2.24) is 5.32 Å². The number of hydrogen-bond donors (Lipinski definition) is 3. The second kappa shape index (κ2) is 57.4. The summed E-state index contributed by atoms with van der Waals surface area (Å²) in [6.07, 6.45) is 75.4. The average Bonchev–Trinajstić information content (AvgIpc) is 3.31. The van der Waals surface area contributed by atoms with Crippen molar-refractivity contribution >= 4 is 5.91 Å². The first-order chi connectivity index (χ1) is 32.2. The molecule has 0 aromatic heterocycles. The summed E-state index contributed by atoms with van der Waals surface area (Å²) in [7, 11) is 0. The Hall–Kier alpha value is -0.870. The maximum absolute atomic E-state index is 12.5. The molecule has 0 fully saturated rings. The van der Waals surface area contributed by atoms with Crippen LogP contribution in [0.15, 0.2) is 12.2 Å². The van der Waals surface area contributed by atoms with Gasteiger partial charge in [-0.05, 0) is 19.3 Å². The summed E-state index contributed by atoms with van der Waals surface area (Å²) in [4.78, 5) is 12.5. The molecule has 0 bridgehead atoms. The van der Waals surface area contributed by atoms with Gasteiger partial charge in [0.25, 0.3) is 0 Å². The minimum Gasteiger partial charge on any atom is -0.394 e. The van der Waals surface area contributed by atoms with E-state index in [1.807, 2.05) is 6.08 Å². The van der Waals surface area contributed by atoms with Gasteiger partial charge in [-0.3, -0.25) is 4.79 Å². The van der Waals surface area contributed by atoms with Crippen molar-refractivity contribution in [3.8, 4) is 0 Å². The molecule has 0 aliphatic rings. The van der Waals surface area contributed by atoms with Crippen LogP contribution in [-0.4, -0.2) is 34.9 Å². The van der Waals surface area contributed by atoms with Crippen molar-refractivity contribution in [2.24, 2.45) is 0 Å². The molecule has 0 aromatic carbocycles. The summed E-state index contributed by atoms with van der Waals surface area (Å²) < 4.78 is 0. The summed E-state index contributed by atoms with van der Waals surface area (Å²) in [6, 6.07) is -0.618. The highest BCUT2D eigenvalue weighted by atomic mass is 16.3. The van der Waals surface area contributed by atoms with Crippen molar-refractivity contribution in [3.63, 3.8) is 0 Å². The first-order valence-electron chi connectivity index (χ1n) is 30.4. The summed E-state index contributed by atoms with van der Waals surface area (Å²) in [5.74, 6) is -0.0552. The quantitative estimate of drug-likeness (QED) is 0.0421. The molecule has 0 heterocycles. The van der Waals surface area contributed by atoms with E-state index >= 15 is 0 Å². The molecule has 2 atom stereocenters. The molecule has 0 saturated carbocycles. The fourth-order valence-corrected chi connectivity index (χ4v) is 9.89. The predicted octanol–water partition coefficient (Wildman–Crippen LogP) is 20.1. The molecule has 4 nitrogen and oxygen atoms in total. The summed E-state index contributed by atoms with van der Waals surface area (Å²) >= 11 is 0. The third kappa shape index (κ3) is 53.9. The van der Waals surface area contributed by atoms with Crippen molar-refractivity contribution in [1.29, 1.82) is 0 Å². The lowest BCUT2D eigenvalue weighted by Gasteiger charge is -2.20. The Balaban J connectivity index is 3.42. The number of rotatable bonds is 57. The first kappa shape index (κ1) is 64.1. The zero-order valence-electron chi connectivity index (χ0n) is 44.8. The normalized spacial score (nSPS) is 12.7. The van der Waals surface area contributed by atoms with E-state index in [-0.39, 0.29) is 12.5 Å². The number of hydrogen-bond acceptors (Lipinski definition) is 3. The van der Waals surface area contributed by atoms with Gasteiger partial charge in [0.05, 0.1) is 18.8 Å². The van der Waals surface area contributed by atoms with E-state index in [9.17, 15) is 15.0 Å². The van der Waals surface area contributed by atoms with Gasteiger partial charge in [0.2, 0.25) is 5.91 Å². The average molecular weight is 917 g/mol. The van der Waals surface area contributed by atoms with Gasteiger partial charge >= 0.3 is 0 Å². The SMILES string of the molecule is CCCCCCCCCCCCCCCCCCCCCCCCCCCCCCCC/C=C/C(O)C(CO)NC(=O)CCCCCCCCCCCCCCCCCCCCCCC. The van der Waals surface area contributed by atoms with Gasteiger partial charge in [0, 0.05) is 6.42 Å². The molecule has 0 spiro atoms. The molecule has 2 unspecified atom stereocenters. The maximum Gasteiger partial charge on any atom is 0.220 e. The number of carbonyl (C=O) groups excluding carboxylic acids is 1. The van der Waals surface area contributed by atoms with Crippen LogP contribution in [0.5, 0.6) is 0 Å². The van der Waals surface area contributed by atoms with Gasteiger partial charge in [-0.1, -0.05) is 341 Å². The van der Waals surface area contributed by atoms with E-state index in [0.717, 1.165) is 25.7 Å². The Labute approximate surface area is 409 Å². The summed E-state index contributed by atoms with van der Waals surface area (Å²) in [5.41, 5.74) is 0. The summed E-state index contributed by atoms with van der Waals surface area (Å²) in [6.45, 7) is 4.36. The maximum atomic E-state index is 12.5. The van der Waals surface area contributed by atoms with Crippen molar-refractivity contribution in [2.45, 2.75) is 366 Å². The van der Waals surface area contributed by atoms with Crippen LogP contribution in [0.2, 0.25) is 0 Å². The molecule has 0 saturated heterocycles. The molecular weight excluding hydrogens is 795 g/mol. The number of nitrogens with one attached hydrogen (secondary N) is 1. The molecule has 0 aliphatic carbocycles. The highest BCUT2D eigenvalue weighted by Crippen LogP contribution is 2.19. The number of aliphatic hydroxyl groups is 2. The molecule has 3 N–H and O–H groups in total. The first-order valence-corrected chi connectivity index (χ1v) is 30.4. The molecule has 0 aliphatic heterocycles. The highest BCUT2D eigenvalue weighted by molar-refractivity contribution is 5.76. The van der Waals surface area contributed by atoms with E-state index in [0.29, 0.717) is 6.42 Å². The van der Waals surface area contributed by atoms with Gasteiger partial charge < -0.3 is 15.5 Å². The second-order valence-corrected chi connectivity index (χ2v) is 21.1. The standard InChI is InChI=1S/C61H121NO3/c1-3-5-7-9-11-13-15-17-19-21-23-25-26-27-28-29-30-31-32-33-34-35-37-38-40-42-44-46-48-50-52-54-56-60(64)59(58-63)62-61(65)57-55-53-51-49-47-45-43-41-39-36-24-22-20-18-16-14-12-10-8-6-4-2/h54,56,59-60,63-64H,3-53,55,57-58H2,1-2H3,(H,62,65)/b56-54+. The molecule has 388 valence electrons. The van der Waals surface area contributed by atoms with Gasteiger partial charge in [-0.2, -0.15) is 0 Å². The van der Waals surface area contributed by atoms with Crippen LogP contribution < -0.4 is 5.32 Å². The monoisotopic (exact) mass is 916 g/mol. The molecule has 0 aromatic rings. The Morgan fingerprint density at radius 2 is 0.569 bits per heavy atom. The van der Waals surface area contributed by atoms with Crippen molar-refractivity contribution in [3.05, 3.63) is 12.2 Å². The molecule has 4 heteroatoms. The minimum absolute atomic E-state index is 0.0552. The minimum atomic E-state index is -0.836. The van der Waals surface area contributed by atoms with E-state index in [4.69, 9.17) is 0 Å². The fourth-order valence-electron chi connectivity index (χ4n) is 9.89. The van der Waals surface area contributed by atoms with Crippen molar-refractivity contribution < 1.29 is 15.0 Å². The van der Waals surface area contributed by atoms with E-state index in [1.165, 1.54) is 308 Å². The van der Waals surface area contributed by atoms with E-state index in [1.54, 1.807) is 6.08 Å². The largest absolute Gasteiger partial charge is 0.394 e. The number of carbonyl (C=O) groups is 1. The second-order valence-electron chi connectivity index (χ2n) is 21.1. The van der Waals surface area contributed by atoms with Crippen LogP contribution in [-0.2, 0) is 4.79 Å². The van der Waals surface area contributed by atoms with Crippen LogP contribution >= 0.6 is 0 Å². The molecule has 0 rings (SSSR count). The molecule has 65 heavy (non-hydrogen) atoms. The topological polar surface area (TPSA) is 69.6 Å². The van der Waals surface area contributed by atoms with E-state index in [2.05, 4.69) is 19.2 Å². The fraction of sp³-hybridized carbons (Fsp3) is 0.951.